The average molecular weight is 535 g/mol. The maximum atomic E-state index is 14.6. The van der Waals surface area contributed by atoms with Gasteiger partial charge in [-0.25, -0.2) is 9.37 Å². The Kier molecular flexibility index (Phi) is 12.1. The Labute approximate surface area is 225 Å². The normalized spacial score (nSPS) is 22.9. The van der Waals surface area contributed by atoms with Gasteiger partial charge in [-0.05, 0) is 43.9 Å². The van der Waals surface area contributed by atoms with Crippen LogP contribution >= 0.6 is 0 Å². The zero-order valence-electron chi connectivity index (χ0n) is 22.8. The molecule has 9 nitrogen and oxygen atoms in total. The molecule has 1 saturated heterocycles. The van der Waals surface area contributed by atoms with Gasteiger partial charge in [-0.2, -0.15) is 0 Å². The number of ether oxygens (including phenoxy) is 2. The van der Waals surface area contributed by atoms with Gasteiger partial charge in [-0.15, -0.1) is 0 Å². The number of carbonyl (C=O) groups excluding carboxylic acids is 1. The second kappa shape index (κ2) is 15.3. The van der Waals surface area contributed by atoms with E-state index in [0.717, 1.165) is 31.6 Å². The highest BCUT2D eigenvalue weighted by molar-refractivity contribution is 5.94. The monoisotopic (exact) mass is 534 g/mol. The van der Waals surface area contributed by atoms with Crippen molar-refractivity contribution < 1.29 is 28.9 Å². The van der Waals surface area contributed by atoms with Crippen molar-refractivity contribution in [2.24, 2.45) is 13.0 Å². The molecule has 2 heterocycles. The standard InChI is InChI=1S/C28H43FN4O5/c1-21(2)10-17-38-25-18-33(28(36)22-8-4-5-9-23(22)29)15-14-32(19-26-30-11-13-31(26)3)12-6-7-16-37-20-24(34)27(25)35/h4-5,8-9,11,13,21,24-25,27,34-35H,6-7,10,12,14-20H2,1-3H3/t24-,25-,27-/m1/s1. The number of aliphatic hydroxyl groups excluding tert-OH is 2. The summed E-state index contributed by atoms with van der Waals surface area (Å²) in [4.78, 5) is 21.8. The van der Waals surface area contributed by atoms with Gasteiger partial charge in [0.05, 0.1) is 18.7 Å². The summed E-state index contributed by atoms with van der Waals surface area (Å²) in [6.07, 6.45) is 2.73. The topological polar surface area (TPSA) is 100 Å². The van der Waals surface area contributed by atoms with Crippen molar-refractivity contribution in [3.05, 3.63) is 53.9 Å². The predicted octanol–water partition coefficient (Wildman–Crippen LogP) is 2.47. The second-order valence-electron chi connectivity index (χ2n) is 10.4. The van der Waals surface area contributed by atoms with E-state index >= 15 is 0 Å². The lowest BCUT2D eigenvalue weighted by atomic mass is 10.1. The summed E-state index contributed by atoms with van der Waals surface area (Å²) in [5.41, 5.74) is -0.0384. The van der Waals surface area contributed by atoms with Crippen LogP contribution in [-0.4, -0.2) is 99.8 Å². The molecule has 1 aromatic carbocycles. The van der Waals surface area contributed by atoms with E-state index in [4.69, 9.17) is 9.47 Å². The van der Waals surface area contributed by atoms with E-state index < -0.39 is 30.0 Å². The lowest BCUT2D eigenvalue weighted by molar-refractivity contribution is -0.116. The van der Waals surface area contributed by atoms with Crippen LogP contribution in [0.1, 0.15) is 49.3 Å². The van der Waals surface area contributed by atoms with Gasteiger partial charge in [0.15, 0.2) is 0 Å². The molecule has 2 aromatic rings. The fraction of sp³-hybridized carbons (Fsp3) is 0.643. The van der Waals surface area contributed by atoms with Crippen molar-refractivity contribution in [1.82, 2.24) is 19.4 Å². The van der Waals surface area contributed by atoms with Gasteiger partial charge < -0.3 is 29.2 Å². The van der Waals surface area contributed by atoms with E-state index in [1.165, 1.54) is 17.0 Å². The van der Waals surface area contributed by atoms with Gasteiger partial charge in [0.1, 0.15) is 30.0 Å². The Morgan fingerprint density at radius 2 is 2.00 bits per heavy atom. The molecule has 38 heavy (non-hydrogen) atoms. The van der Waals surface area contributed by atoms with Crippen LogP contribution in [0.5, 0.6) is 0 Å². The number of benzene rings is 1. The van der Waals surface area contributed by atoms with Crippen LogP contribution < -0.4 is 0 Å². The molecule has 3 atom stereocenters. The van der Waals surface area contributed by atoms with Crippen molar-refractivity contribution in [3.8, 4) is 0 Å². The average Bonchev–Trinajstić information content (AvgIpc) is 3.29. The fourth-order valence-electron chi connectivity index (χ4n) is 4.38. The first-order valence-electron chi connectivity index (χ1n) is 13.5. The summed E-state index contributed by atoms with van der Waals surface area (Å²) in [7, 11) is 1.94. The molecule has 1 aromatic heterocycles. The van der Waals surface area contributed by atoms with Crippen LogP contribution in [0, 0.1) is 11.7 Å². The number of nitrogens with zero attached hydrogens (tertiary/aromatic N) is 4. The van der Waals surface area contributed by atoms with E-state index in [9.17, 15) is 19.4 Å². The first-order chi connectivity index (χ1) is 18.3. The summed E-state index contributed by atoms with van der Waals surface area (Å²) < 4.78 is 28.3. The second-order valence-corrected chi connectivity index (χ2v) is 10.4. The van der Waals surface area contributed by atoms with Gasteiger partial charge in [-0.1, -0.05) is 26.0 Å². The molecule has 2 N–H and O–H groups in total. The summed E-state index contributed by atoms with van der Waals surface area (Å²) in [6.45, 7) is 7.10. The van der Waals surface area contributed by atoms with Gasteiger partial charge in [0, 0.05) is 52.3 Å². The van der Waals surface area contributed by atoms with E-state index in [1.807, 2.05) is 17.8 Å². The minimum absolute atomic E-state index is 0.000264. The van der Waals surface area contributed by atoms with Crippen LogP contribution in [0.4, 0.5) is 4.39 Å². The molecule has 3 rings (SSSR count). The van der Waals surface area contributed by atoms with Crippen molar-refractivity contribution in [3.63, 3.8) is 0 Å². The summed E-state index contributed by atoms with van der Waals surface area (Å²) in [6, 6.07) is 5.89. The molecule has 0 unspecified atom stereocenters. The third-order valence-electron chi connectivity index (χ3n) is 6.87. The number of aromatic nitrogens is 2. The zero-order valence-corrected chi connectivity index (χ0v) is 22.8. The largest absolute Gasteiger partial charge is 0.388 e. The molecule has 0 radical (unpaired) electrons. The quantitative estimate of drug-likeness (QED) is 0.563. The first-order valence-corrected chi connectivity index (χ1v) is 13.5. The maximum absolute atomic E-state index is 14.6. The van der Waals surface area contributed by atoms with Crippen molar-refractivity contribution in [2.75, 3.05) is 46.0 Å². The molecule has 212 valence electrons. The molecule has 0 spiro atoms. The van der Waals surface area contributed by atoms with Gasteiger partial charge in [-0.3, -0.25) is 9.69 Å². The molecular formula is C28H43FN4O5. The number of halogens is 1. The Bertz CT molecular complexity index is 988. The maximum Gasteiger partial charge on any atom is 0.256 e. The molecule has 10 heteroatoms. The predicted molar refractivity (Wildman–Crippen MR) is 142 cm³/mol. The highest BCUT2D eigenvalue weighted by Gasteiger charge is 2.32. The number of hydrogen-bond donors (Lipinski definition) is 2. The van der Waals surface area contributed by atoms with Gasteiger partial charge >= 0.3 is 0 Å². The highest BCUT2D eigenvalue weighted by Crippen LogP contribution is 2.16. The van der Waals surface area contributed by atoms with Crippen LogP contribution in [0.3, 0.4) is 0 Å². The zero-order chi connectivity index (χ0) is 27.5. The SMILES string of the molecule is CC(C)CCO[C@@H]1CN(C(=O)c2ccccc2F)CCN(Cc2nccn2C)CCCCOC[C@@H](O)[C@H]1O. The summed E-state index contributed by atoms with van der Waals surface area (Å²) in [5.74, 6) is 0.202. The van der Waals surface area contributed by atoms with Crippen LogP contribution in [0.25, 0.3) is 0 Å². The Morgan fingerprint density at radius 1 is 1.21 bits per heavy atom. The third kappa shape index (κ3) is 9.13. The molecule has 1 amide bonds. The smallest absolute Gasteiger partial charge is 0.256 e. The third-order valence-corrected chi connectivity index (χ3v) is 6.87. The molecule has 0 bridgehead atoms. The fourth-order valence-corrected chi connectivity index (χ4v) is 4.38. The first kappa shape index (κ1) is 30.2. The molecule has 1 fully saturated rings. The Balaban J connectivity index is 1.87. The van der Waals surface area contributed by atoms with Crippen molar-refractivity contribution in [2.45, 2.75) is 58.0 Å². The summed E-state index contributed by atoms with van der Waals surface area (Å²) >= 11 is 0. The minimum atomic E-state index is -1.27. The molecular weight excluding hydrogens is 491 g/mol. The van der Waals surface area contributed by atoms with Crippen molar-refractivity contribution >= 4 is 5.91 Å². The van der Waals surface area contributed by atoms with E-state index in [0.29, 0.717) is 38.8 Å². The van der Waals surface area contributed by atoms with Crippen LogP contribution in [0.15, 0.2) is 36.7 Å². The van der Waals surface area contributed by atoms with Gasteiger partial charge in [0.25, 0.3) is 5.91 Å². The molecule has 0 aliphatic carbocycles. The van der Waals surface area contributed by atoms with E-state index in [1.54, 1.807) is 18.3 Å². The Morgan fingerprint density at radius 3 is 2.71 bits per heavy atom. The molecule has 0 saturated carbocycles. The van der Waals surface area contributed by atoms with Gasteiger partial charge in [0.2, 0.25) is 0 Å². The number of amides is 1. The van der Waals surface area contributed by atoms with E-state index in [2.05, 4.69) is 23.7 Å². The highest BCUT2D eigenvalue weighted by atomic mass is 19.1. The number of rotatable bonds is 7. The molecule has 1 aliphatic rings. The summed E-state index contributed by atoms with van der Waals surface area (Å²) in [5, 5.41) is 21.6. The van der Waals surface area contributed by atoms with Crippen LogP contribution in [-0.2, 0) is 23.1 Å². The Hall–Kier alpha value is -2.37. The molecule has 1 aliphatic heterocycles. The number of carbonyl (C=O) groups is 1. The lowest BCUT2D eigenvalue weighted by Crippen LogP contribution is -2.50. The number of aliphatic hydroxyl groups is 2. The van der Waals surface area contributed by atoms with E-state index in [-0.39, 0.29) is 18.7 Å². The minimum Gasteiger partial charge on any atom is -0.388 e. The lowest BCUT2D eigenvalue weighted by Gasteiger charge is -2.34. The van der Waals surface area contributed by atoms with Crippen LogP contribution in [0.2, 0.25) is 0 Å². The number of aryl methyl sites for hydroxylation is 1. The number of hydrogen-bond acceptors (Lipinski definition) is 7. The van der Waals surface area contributed by atoms with Crippen molar-refractivity contribution in [1.29, 1.82) is 0 Å². The number of imidazole rings is 1.